The number of nitrogen functional groups attached to an aromatic ring is 1. The molecule has 1 atom stereocenters. The number of hydrogen-bond acceptors (Lipinski definition) is 9. The number of halogens is 1. The molecule has 150 valence electrons. The van der Waals surface area contributed by atoms with Gasteiger partial charge in [-0.3, -0.25) is 0 Å². The summed E-state index contributed by atoms with van der Waals surface area (Å²) in [5, 5.41) is 9.35. The van der Waals surface area contributed by atoms with Crippen LogP contribution in [0.5, 0.6) is 0 Å². The van der Waals surface area contributed by atoms with E-state index in [1.165, 1.54) is 11.8 Å². The first kappa shape index (κ1) is 18.6. The Morgan fingerprint density at radius 1 is 1.17 bits per heavy atom. The predicted octanol–water partition coefficient (Wildman–Crippen LogP) is 2.15. The molecule has 1 fully saturated rings. The summed E-state index contributed by atoms with van der Waals surface area (Å²) in [5.41, 5.74) is 12.3. The average Bonchev–Trinajstić information content (AvgIpc) is 3.28. The number of nitrogens with two attached hydrogens (primary N) is 2. The Morgan fingerprint density at radius 2 is 2.00 bits per heavy atom. The first-order chi connectivity index (χ1) is 14.1. The van der Waals surface area contributed by atoms with Gasteiger partial charge in [0.15, 0.2) is 0 Å². The standard InChI is InChI=1S/C18H20ClN9S/c19-14-11(1-4-22-16(14)21)29-13-8-23-12(7-24-13)27-5-2-18(3-6-27)9-28-10-25-26-17(28)15(18)20/h1,4,7-8,10,15H,2-3,5-6,9,20H2,(H2,21,22)/t15-/m1/s1. The maximum absolute atomic E-state index is 6.50. The lowest BCUT2D eigenvalue weighted by Gasteiger charge is -2.41. The van der Waals surface area contributed by atoms with Crippen molar-refractivity contribution >= 4 is 35.0 Å². The summed E-state index contributed by atoms with van der Waals surface area (Å²) in [4.78, 5) is 16.2. The second-order valence-corrected chi connectivity index (χ2v) is 8.91. The molecule has 5 rings (SSSR count). The molecule has 0 aliphatic carbocycles. The Bertz CT molecular complexity index is 1030. The Morgan fingerprint density at radius 3 is 2.72 bits per heavy atom. The molecule has 3 aromatic heterocycles. The summed E-state index contributed by atoms with van der Waals surface area (Å²) in [5.74, 6) is 2.08. The van der Waals surface area contributed by atoms with Crippen molar-refractivity contribution in [3.8, 4) is 0 Å². The molecule has 1 spiro atoms. The average molecular weight is 430 g/mol. The normalized spacial score (nSPS) is 20.2. The smallest absolute Gasteiger partial charge is 0.150 e. The molecule has 0 amide bonds. The third-order valence-electron chi connectivity index (χ3n) is 5.86. The summed E-state index contributed by atoms with van der Waals surface area (Å²) < 4.78 is 2.09. The van der Waals surface area contributed by atoms with Crippen LogP contribution in [0.1, 0.15) is 24.7 Å². The van der Waals surface area contributed by atoms with Gasteiger partial charge in [0.1, 0.15) is 28.8 Å². The first-order valence-electron chi connectivity index (χ1n) is 9.34. The predicted molar refractivity (Wildman–Crippen MR) is 111 cm³/mol. The van der Waals surface area contributed by atoms with E-state index in [-0.39, 0.29) is 11.5 Å². The largest absolute Gasteiger partial charge is 0.382 e. The van der Waals surface area contributed by atoms with Gasteiger partial charge in [-0.15, -0.1) is 10.2 Å². The van der Waals surface area contributed by atoms with E-state index in [4.69, 9.17) is 23.1 Å². The van der Waals surface area contributed by atoms with E-state index in [1.54, 1.807) is 18.7 Å². The minimum atomic E-state index is -0.0606. The van der Waals surface area contributed by atoms with Gasteiger partial charge in [0, 0.05) is 36.1 Å². The lowest BCUT2D eigenvalue weighted by molar-refractivity contribution is 0.172. The molecule has 0 unspecified atom stereocenters. The minimum Gasteiger partial charge on any atom is -0.382 e. The number of piperidine rings is 1. The van der Waals surface area contributed by atoms with Crippen LogP contribution >= 0.6 is 23.4 Å². The van der Waals surface area contributed by atoms with Crippen molar-refractivity contribution in [3.05, 3.63) is 41.8 Å². The van der Waals surface area contributed by atoms with E-state index < -0.39 is 0 Å². The first-order valence-corrected chi connectivity index (χ1v) is 10.5. The van der Waals surface area contributed by atoms with E-state index in [0.717, 1.165) is 54.0 Å². The van der Waals surface area contributed by atoms with Crippen LogP contribution in [0.3, 0.4) is 0 Å². The molecule has 5 heterocycles. The summed E-state index contributed by atoms with van der Waals surface area (Å²) in [7, 11) is 0. The zero-order valence-corrected chi connectivity index (χ0v) is 17.1. The zero-order chi connectivity index (χ0) is 20.0. The SMILES string of the molecule is Nc1nccc(Sc2cnc(N3CCC4(CC3)Cn3cnnc3[C@H]4N)cn2)c1Cl. The number of pyridine rings is 1. The van der Waals surface area contributed by atoms with Gasteiger partial charge in [-0.2, -0.15) is 0 Å². The maximum Gasteiger partial charge on any atom is 0.150 e. The fraction of sp³-hybridized carbons (Fsp3) is 0.389. The molecule has 3 aromatic rings. The summed E-state index contributed by atoms with van der Waals surface area (Å²) in [6.45, 7) is 2.67. The monoisotopic (exact) mass is 429 g/mol. The molecule has 0 bridgehead atoms. The summed E-state index contributed by atoms with van der Waals surface area (Å²) >= 11 is 7.62. The lowest BCUT2D eigenvalue weighted by atomic mass is 9.74. The molecular weight excluding hydrogens is 410 g/mol. The maximum atomic E-state index is 6.50. The summed E-state index contributed by atoms with van der Waals surface area (Å²) in [6.07, 6.45) is 8.96. The second kappa shape index (κ2) is 7.12. The molecule has 2 aliphatic rings. The van der Waals surface area contributed by atoms with Gasteiger partial charge < -0.3 is 20.9 Å². The van der Waals surface area contributed by atoms with Crippen LogP contribution in [0.25, 0.3) is 0 Å². The van der Waals surface area contributed by atoms with Crippen LogP contribution in [0, 0.1) is 5.41 Å². The fourth-order valence-corrected chi connectivity index (χ4v) is 5.13. The molecule has 1 saturated heterocycles. The minimum absolute atomic E-state index is 0.0586. The van der Waals surface area contributed by atoms with Crippen LogP contribution in [0.15, 0.2) is 40.9 Å². The van der Waals surface area contributed by atoms with Gasteiger partial charge >= 0.3 is 0 Å². The van der Waals surface area contributed by atoms with Gasteiger partial charge in [-0.1, -0.05) is 23.4 Å². The molecular formula is C18H20ClN9S. The van der Waals surface area contributed by atoms with E-state index in [0.29, 0.717) is 10.8 Å². The Kier molecular flexibility index (Phi) is 4.56. The topological polar surface area (TPSA) is 125 Å². The van der Waals surface area contributed by atoms with Crippen molar-refractivity contribution in [2.24, 2.45) is 11.1 Å². The zero-order valence-electron chi connectivity index (χ0n) is 15.6. The number of hydrogen-bond donors (Lipinski definition) is 2. The Labute approximate surface area is 176 Å². The molecule has 0 aromatic carbocycles. The fourth-order valence-electron chi connectivity index (χ4n) is 4.15. The van der Waals surface area contributed by atoms with E-state index in [2.05, 4.69) is 34.6 Å². The number of nitrogens with zero attached hydrogens (tertiary/aromatic N) is 7. The van der Waals surface area contributed by atoms with E-state index in [9.17, 15) is 0 Å². The second-order valence-electron chi connectivity index (χ2n) is 7.47. The van der Waals surface area contributed by atoms with Crippen molar-refractivity contribution < 1.29 is 0 Å². The number of anilines is 2. The highest BCUT2D eigenvalue weighted by atomic mass is 35.5. The highest BCUT2D eigenvalue weighted by Crippen LogP contribution is 2.47. The van der Waals surface area contributed by atoms with Crippen LogP contribution in [0.2, 0.25) is 5.02 Å². The molecule has 2 aliphatic heterocycles. The third kappa shape index (κ3) is 3.21. The van der Waals surface area contributed by atoms with E-state index >= 15 is 0 Å². The number of rotatable bonds is 3. The molecule has 29 heavy (non-hydrogen) atoms. The molecule has 11 heteroatoms. The third-order valence-corrected chi connectivity index (χ3v) is 7.35. The van der Waals surface area contributed by atoms with Gasteiger partial charge in [0.05, 0.1) is 23.5 Å². The van der Waals surface area contributed by atoms with Crippen molar-refractivity contribution in [1.82, 2.24) is 29.7 Å². The van der Waals surface area contributed by atoms with Crippen LogP contribution in [0.4, 0.5) is 11.6 Å². The van der Waals surface area contributed by atoms with Crippen LogP contribution < -0.4 is 16.4 Å². The Balaban J connectivity index is 1.25. The molecule has 0 saturated carbocycles. The summed E-state index contributed by atoms with van der Waals surface area (Å²) in [6, 6.07) is 1.75. The van der Waals surface area contributed by atoms with Crippen LogP contribution in [-0.2, 0) is 6.54 Å². The number of aromatic nitrogens is 6. The van der Waals surface area contributed by atoms with Gasteiger partial charge in [0.25, 0.3) is 0 Å². The highest BCUT2D eigenvalue weighted by Gasteiger charge is 2.47. The van der Waals surface area contributed by atoms with Crippen molar-refractivity contribution in [3.63, 3.8) is 0 Å². The van der Waals surface area contributed by atoms with Gasteiger partial charge in [-0.05, 0) is 18.9 Å². The van der Waals surface area contributed by atoms with Gasteiger partial charge in [0.2, 0.25) is 0 Å². The number of fused-ring (bicyclic) bond motifs is 1. The highest BCUT2D eigenvalue weighted by molar-refractivity contribution is 7.99. The lowest BCUT2D eigenvalue weighted by Crippen LogP contribution is -2.45. The van der Waals surface area contributed by atoms with Crippen molar-refractivity contribution in [1.29, 1.82) is 0 Å². The van der Waals surface area contributed by atoms with Crippen LogP contribution in [-0.4, -0.2) is 42.8 Å². The Hall–Kier alpha value is -2.43. The van der Waals surface area contributed by atoms with Gasteiger partial charge in [-0.25, -0.2) is 15.0 Å². The van der Waals surface area contributed by atoms with Crippen molar-refractivity contribution in [2.45, 2.75) is 35.3 Å². The molecule has 4 N–H and O–H groups in total. The molecule has 0 radical (unpaired) electrons. The van der Waals surface area contributed by atoms with E-state index in [1.807, 2.05) is 12.3 Å². The molecule has 9 nitrogen and oxygen atoms in total. The van der Waals surface area contributed by atoms with Crippen molar-refractivity contribution in [2.75, 3.05) is 23.7 Å². The quantitative estimate of drug-likeness (QED) is 0.643.